The number of aliphatic carboxylic acids is 1. The summed E-state index contributed by atoms with van der Waals surface area (Å²) in [7, 11) is 3.95. The quantitative estimate of drug-likeness (QED) is 0.944. The van der Waals surface area contributed by atoms with E-state index in [2.05, 4.69) is 6.07 Å². The third-order valence-corrected chi connectivity index (χ3v) is 4.29. The predicted octanol–water partition coefficient (Wildman–Crippen LogP) is 2.66. The number of hydrogen-bond donors (Lipinski definition) is 1. The number of anilines is 2. The minimum absolute atomic E-state index is 0.450. The van der Waals surface area contributed by atoms with E-state index in [-0.39, 0.29) is 0 Å². The Balaban J connectivity index is 2.24. The highest BCUT2D eigenvalue weighted by molar-refractivity contribution is 6.02. The van der Waals surface area contributed by atoms with Gasteiger partial charge in [-0.05, 0) is 19.8 Å². The number of carbonyl (C=O) groups is 1. The number of aromatic nitrogens is 1. The summed E-state index contributed by atoms with van der Waals surface area (Å²) in [5.41, 5.74) is 1.85. The lowest BCUT2D eigenvalue weighted by Crippen LogP contribution is -2.36. The maximum Gasteiger partial charge on any atom is 0.326 e. The Hall–Kier alpha value is -2.30. The molecule has 1 aliphatic rings. The van der Waals surface area contributed by atoms with Crippen LogP contribution >= 0.6 is 0 Å². The SMILES string of the molecule is Cc1nc(N(C)C)c2ccccc2c1N1CCCC1C(=O)O. The average molecular weight is 299 g/mol. The monoisotopic (exact) mass is 299 g/mol. The van der Waals surface area contributed by atoms with Crippen molar-refractivity contribution in [2.75, 3.05) is 30.4 Å². The van der Waals surface area contributed by atoms with E-state index >= 15 is 0 Å². The minimum atomic E-state index is -0.752. The molecule has 1 fully saturated rings. The summed E-state index contributed by atoms with van der Waals surface area (Å²) in [6.45, 7) is 2.73. The van der Waals surface area contributed by atoms with Crippen LogP contribution in [0.1, 0.15) is 18.5 Å². The number of carboxylic acids is 1. The number of benzene rings is 1. The highest BCUT2D eigenvalue weighted by Gasteiger charge is 2.33. The maximum atomic E-state index is 11.5. The van der Waals surface area contributed by atoms with Crippen molar-refractivity contribution in [3.8, 4) is 0 Å². The molecule has 1 atom stereocenters. The first kappa shape index (κ1) is 14.6. The molecule has 0 radical (unpaired) electrons. The van der Waals surface area contributed by atoms with E-state index in [1.165, 1.54) is 0 Å². The zero-order chi connectivity index (χ0) is 15.9. The number of nitrogens with zero attached hydrogens (tertiary/aromatic N) is 3. The fourth-order valence-electron chi connectivity index (χ4n) is 3.35. The first-order valence-corrected chi connectivity index (χ1v) is 7.57. The molecule has 0 amide bonds. The van der Waals surface area contributed by atoms with Gasteiger partial charge in [0.25, 0.3) is 0 Å². The van der Waals surface area contributed by atoms with Crippen molar-refractivity contribution in [1.29, 1.82) is 0 Å². The van der Waals surface area contributed by atoms with Gasteiger partial charge in [0.15, 0.2) is 0 Å². The lowest BCUT2D eigenvalue weighted by atomic mass is 10.1. The van der Waals surface area contributed by atoms with Gasteiger partial charge in [-0.25, -0.2) is 9.78 Å². The van der Waals surface area contributed by atoms with Crippen molar-refractivity contribution in [3.05, 3.63) is 30.0 Å². The molecule has 5 nitrogen and oxygen atoms in total. The van der Waals surface area contributed by atoms with E-state index in [1.54, 1.807) is 0 Å². The van der Waals surface area contributed by atoms with Gasteiger partial charge in [-0.2, -0.15) is 0 Å². The van der Waals surface area contributed by atoms with Crippen LogP contribution in [-0.4, -0.2) is 42.7 Å². The van der Waals surface area contributed by atoms with Crippen molar-refractivity contribution < 1.29 is 9.90 Å². The van der Waals surface area contributed by atoms with Crippen molar-refractivity contribution in [1.82, 2.24) is 4.98 Å². The van der Waals surface area contributed by atoms with Crippen molar-refractivity contribution in [2.24, 2.45) is 0 Å². The standard InChI is InChI=1S/C17H21N3O2/c1-11-15(20-10-6-9-14(20)17(21)22)12-7-4-5-8-13(12)16(18-11)19(2)3/h4-5,7-8,14H,6,9-10H2,1-3H3,(H,21,22). The van der Waals surface area contributed by atoms with Crippen LogP contribution in [0.25, 0.3) is 10.8 Å². The molecule has 1 aromatic heterocycles. The second kappa shape index (κ2) is 5.48. The zero-order valence-corrected chi connectivity index (χ0v) is 13.2. The molecule has 0 spiro atoms. The van der Waals surface area contributed by atoms with Gasteiger partial charge in [0.2, 0.25) is 0 Å². The maximum absolute atomic E-state index is 11.5. The van der Waals surface area contributed by atoms with Crippen LogP contribution in [0.5, 0.6) is 0 Å². The van der Waals surface area contributed by atoms with Gasteiger partial charge in [0.1, 0.15) is 11.9 Å². The molecule has 2 aromatic rings. The molecule has 1 N–H and O–H groups in total. The van der Waals surface area contributed by atoms with E-state index in [0.29, 0.717) is 6.42 Å². The molecule has 0 aliphatic carbocycles. The molecule has 1 unspecified atom stereocenters. The first-order valence-electron chi connectivity index (χ1n) is 7.57. The Kier molecular flexibility index (Phi) is 3.64. The molecule has 1 aromatic carbocycles. The van der Waals surface area contributed by atoms with Gasteiger partial charge in [-0.3, -0.25) is 0 Å². The zero-order valence-electron chi connectivity index (χ0n) is 13.2. The van der Waals surface area contributed by atoms with Gasteiger partial charge < -0.3 is 14.9 Å². The third kappa shape index (κ3) is 2.26. The Morgan fingerprint density at radius 3 is 2.64 bits per heavy atom. The largest absolute Gasteiger partial charge is 0.480 e. The average Bonchev–Trinajstić information content (AvgIpc) is 2.95. The third-order valence-electron chi connectivity index (χ3n) is 4.29. The number of hydrogen-bond acceptors (Lipinski definition) is 4. The molecule has 22 heavy (non-hydrogen) atoms. The normalized spacial score (nSPS) is 18.0. The lowest BCUT2D eigenvalue weighted by Gasteiger charge is -2.28. The summed E-state index contributed by atoms with van der Waals surface area (Å²) in [5.74, 6) is 0.167. The Labute approximate surface area is 130 Å². The second-order valence-corrected chi connectivity index (χ2v) is 6.00. The Morgan fingerprint density at radius 1 is 1.32 bits per heavy atom. The number of rotatable bonds is 3. The van der Waals surface area contributed by atoms with E-state index in [4.69, 9.17) is 4.98 Å². The van der Waals surface area contributed by atoms with E-state index in [0.717, 1.165) is 40.9 Å². The predicted molar refractivity (Wildman–Crippen MR) is 88.8 cm³/mol. The van der Waals surface area contributed by atoms with Crippen LogP contribution in [0.2, 0.25) is 0 Å². The highest BCUT2D eigenvalue weighted by atomic mass is 16.4. The summed E-state index contributed by atoms with van der Waals surface area (Å²) in [6.07, 6.45) is 1.60. The van der Waals surface area contributed by atoms with Crippen molar-refractivity contribution >= 4 is 28.2 Å². The van der Waals surface area contributed by atoms with Crippen molar-refractivity contribution in [3.63, 3.8) is 0 Å². The van der Waals surface area contributed by atoms with Crippen molar-refractivity contribution in [2.45, 2.75) is 25.8 Å². The van der Waals surface area contributed by atoms with Gasteiger partial charge in [0.05, 0.1) is 11.4 Å². The molecular formula is C17H21N3O2. The minimum Gasteiger partial charge on any atom is -0.480 e. The van der Waals surface area contributed by atoms with Crippen LogP contribution < -0.4 is 9.80 Å². The number of carboxylic acid groups (broad SMARTS) is 1. The first-order chi connectivity index (χ1) is 10.5. The Morgan fingerprint density at radius 2 is 2.00 bits per heavy atom. The van der Waals surface area contributed by atoms with E-state index in [1.807, 2.05) is 49.0 Å². The van der Waals surface area contributed by atoms with Gasteiger partial charge in [0, 0.05) is 31.4 Å². The molecule has 0 bridgehead atoms. The summed E-state index contributed by atoms with van der Waals surface area (Å²) in [4.78, 5) is 20.3. The van der Waals surface area contributed by atoms with Gasteiger partial charge >= 0.3 is 5.97 Å². The van der Waals surface area contributed by atoms with Gasteiger partial charge in [-0.15, -0.1) is 0 Å². The summed E-state index contributed by atoms with van der Waals surface area (Å²) in [6, 6.07) is 7.65. The van der Waals surface area contributed by atoms with Crippen LogP contribution in [0.4, 0.5) is 11.5 Å². The Bertz CT molecular complexity index is 727. The molecule has 116 valence electrons. The number of pyridine rings is 1. The van der Waals surface area contributed by atoms with E-state index < -0.39 is 12.0 Å². The second-order valence-electron chi connectivity index (χ2n) is 6.00. The topological polar surface area (TPSA) is 56.7 Å². The van der Waals surface area contributed by atoms with Gasteiger partial charge in [-0.1, -0.05) is 24.3 Å². The van der Waals surface area contributed by atoms with Crippen LogP contribution in [0, 0.1) is 6.92 Å². The highest BCUT2D eigenvalue weighted by Crippen LogP contribution is 2.37. The molecule has 2 heterocycles. The van der Waals surface area contributed by atoms with Crippen LogP contribution in [0.3, 0.4) is 0 Å². The molecule has 1 aliphatic heterocycles. The smallest absolute Gasteiger partial charge is 0.326 e. The molecule has 0 saturated carbocycles. The fraction of sp³-hybridized carbons (Fsp3) is 0.412. The number of fused-ring (bicyclic) bond motifs is 1. The molecular weight excluding hydrogens is 278 g/mol. The molecule has 3 rings (SSSR count). The molecule has 5 heteroatoms. The van der Waals surface area contributed by atoms with E-state index in [9.17, 15) is 9.90 Å². The fourth-order valence-corrected chi connectivity index (χ4v) is 3.35. The summed E-state index contributed by atoms with van der Waals surface area (Å²) in [5, 5.41) is 11.6. The van der Waals surface area contributed by atoms with Crippen LogP contribution in [-0.2, 0) is 4.79 Å². The number of aryl methyl sites for hydroxylation is 1. The summed E-state index contributed by atoms with van der Waals surface area (Å²) < 4.78 is 0. The van der Waals surface area contributed by atoms with Crippen LogP contribution in [0.15, 0.2) is 24.3 Å². The lowest BCUT2D eigenvalue weighted by molar-refractivity contribution is -0.138. The molecule has 1 saturated heterocycles. The summed E-state index contributed by atoms with van der Waals surface area (Å²) >= 11 is 0.